The molecule has 2 heterocycles. The molecule has 0 radical (unpaired) electrons. The molecule has 1 aromatic heterocycles. The Balaban J connectivity index is 1.95. The van der Waals surface area contributed by atoms with Crippen molar-refractivity contribution >= 4 is 0 Å². The molecule has 1 aliphatic heterocycles. The van der Waals surface area contributed by atoms with Gasteiger partial charge in [-0.1, -0.05) is 0 Å². The number of fused-ring (bicyclic) bond motifs is 1. The van der Waals surface area contributed by atoms with Crippen molar-refractivity contribution in [1.29, 1.82) is 0 Å². The maximum Gasteiger partial charge on any atom is 0.161 e. The Morgan fingerprint density at radius 2 is 2.00 bits per heavy atom. The smallest absolute Gasteiger partial charge is 0.161 e. The first kappa shape index (κ1) is 11.1. The Morgan fingerprint density at radius 3 is 2.78 bits per heavy atom. The lowest BCUT2D eigenvalue weighted by Crippen LogP contribution is -1.97. The molecule has 0 unspecified atom stereocenters. The summed E-state index contributed by atoms with van der Waals surface area (Å²) in [5.41, 5.74) is 8.33. The molecule has 94 valence electrons. The fourth-order valence-corrected chi connectivity index (χ4v) is 1.94. The molecule has 0 saturated carbocycles. The number of H-pyrrole nitrogens is 1. The van der Waals surface area contributed by atoms with Crippen LogP contribution in [0.15, 0.2) is 24.3 Å². The van der Waals surface area contributed by atoms with Gasteiger partial charge in [0.15, 0.2) is 11.5 Å². The van der Waals surface area contributed by atoms with Crippen LogP contribution in [0.5, 0.6) is 11.5 Å². The fraction of sp³-hybridized carbons (Fsp3) is 0.308. The van der Waals surface area contributed by atoms with Crippen LogP contribution in [0.3, 0.4) is 0 Å². The van der Waals surface area contributed by atoms with E-state index in [1.165, 1.54) is 0 Å². The minimum Gasteiger partial charge on any atom is -0.490 e. The number of nitrogens with one attached hydrogen (secondary N) is 1. The van der Waals surface area contributed by atoms with Crippen LogP contribution in [-0.4, -0.2) is 23.4 Å². The highest BCUT2D eigenvalue weighted by atomic mass is 16.5. The van der Waals surface area contributed by atoms with Crippen LogP contribution in [-0.2, 0) is 6.54 Å². The normalized spacial score (nSPS) is 14.3. The van der Waals surface area contributed by atoms with Crippen LogP contribution in [0.4, 0.5) is 0 Å². The van der Waals surface area contributed by atoms with Gasteiger partial charge < -0.3 is 15.2 Å². The molecule has 0 aliphatic carbocycles. The lowest BCUT2D eigenvalue weighted by molar-refractivity contribution is 0.297. The molecule has 0 spiro atoms. The summed E-state index contributed by atoms with van der Waals surface area (Å²) in [5, 5.41) is 7.13. The molecule has 0 fully saturated rings. The predicted molar refractivity (Wildman–Crippen MR) is 67.5 cm³/mol. The van der Waals surface area contributed by atoms with E-state index in [0.29, 0.717) is 19.8 Å². The third-order valence-electron chi connectivity index (χ3n) is 2.89. The summed E-state index contributed by atoms with van der Waals surface area (Å²) in [6.07, 6.45) is 0.906. The summed E-state index contributed by atoms with van der Waals surface area (Å²) in [6, 6.07) is 7.80. The number of rotatable bonds is 2. The van der Waals surface area contributed by atoms with Gasteiger partial charge in [0.1, 0.15) is 0 Å². The molecule has 1 aromatic carbocycles. The van der Waals surface area contributed by atoms with Gasteiger partial charge in [-0.2, -0.15) is 5.10 Å². The topological polar surface area (TPSA) is 73.2 Å². The second-order valence-electron chi connectivity index (χ2n) is 4.19. The molecule has 3 rings (SSSR count). The van der Waals surface area contributed by atoms with Crippen molar-refractivity contribution in [2.45, 2.75) is 13.0 Å². The van der Waals surface area contributed by atoms with Crippen molar-refractivity contribution in [2.24, 2.45) is 5.73 Å². The summed E-state index contributed by atoms with van der Waals surface area (Å²) in [6.45, 7) is 1.84. The summed E-state index contributed by atoms with van der Waals surface area (Å²) in [5.74, 6) is 1.58. The minimum atomic E-state index is 0.456. The fourth-order valence-electron chi connectivity index (χ4n) is 1.94. The van der Waals surface area contributed by atoms with E-state index in [4.69, 9.17) is 15.2 Å². The van der Waals surface area contributed by atoms with Crippen molar-refractivity contribution in [3.63, 3.8) is 0 Å². The number of hydrogen-bond acceptors (Lipinski definition) is 4. The molecule has 3 N–H and O–H groups in total. The van der Waals surface area contributed by atoms with Crippen molar-refractivity contribution in [1.82, 2.24) is 10.2 Å². The van der Waals surface area contributed by atoms with Crippen molar-refractivity contribution < 1.29 is 9.47 Å². The van der Waals surface area contributed by atoms with E-state index in [0.717, 1.165) is 34.9 Å². The van der Waals surface area contributed by atoms with E-state index in [-0.39, 0.29) is 0 Å². The first-order chi connectivity index (χ1) is 8.86. The second-order valence-corrected chi connectivity index (χ2v) is 4.19. The lowest BCUT2D eigenvalue weighted by Gasteiger charge is -2.07. The molecule has 2 aromatic rings. The van der Waals surface area contributed by atoms with E-state index in [1.807, 2.05) is 24.3 Å². The third kappa shape index (κ3) is 2.04. The summed E-state index contributed by atoms with van der Waals surface area (Å²) in [7, 11) is 0. The van der Waals surface area contributed by atoms with Gasteiger partial charge in [-0.25, -0.2) is 0 Å². The zero-order valence-electron chi connectivity index (χ0n) is 9.98. The van der Waals surface area contributed by atoms with Gasteiger partial charge in [0.2, 0.25) is 0 Å². The average Bonchev–Trinajstić information content (AvgIpc) is 2.76. The van der Waals surface area contributed by atoms with Crippen molar-refractivity contribution in [2.75, 3.05) is 13.2 Å². The molecule has 0 atom stereocenters. The van der Waals surface area contributed by atoms with Gasteiger partial charge in [-0.05, 0) is 24.3 Å². The van der Waals surface area contributed by atoms with Crippen molar-refractivity contribution in [3.05, 3.63) is 30.0 Å². The zero-order chi connectivity index (χ0) is 12.4. The molecule has 0 bridgehead atoms. The Morgan fingerprint density at radius 1 is 1.17 bits per heavy atom. The van der Waals surface area contributed by atoms with E-state index in [9.17, 15) is 0 Å². The van der Waals surface area contributed by atoms with E-state index >= 15 is 0 Å². The maximum absolute atomic E-state index is 5.66. The monoisotopic (exact) mass is 245 g/mol. The molecule has 1 aliphatic rings. The SMILES string of the molecule is NCc1cc(-c2ccc3c(c2)OCCCO3)n[nH]1. The number of nitrogens with two attached hydrogens (primary N) is 1. The first-order valence-electron chi connectivity index (χ1n) is 6.01. The summed E-state index contributed by atoms with van der Waals surface area (Å²) in [4.78, 5) is 0. The quantitative estimate of drug-likeness (QED) is 0.844. The van der Waals surface area contributed by atoms with E-state index in [2.05, 4.69) is 10.2 Å². The van der Waals surface area contributed by atoms with Gasteiger partial charge in [0, 0.05) is 24.2 Å². The molecule has 0 amide bonds. The highest BCUT2D eigenvalue weighted by Crippen LogP contribution is 2.33. The second kappa shape index (κ2) is 4.70. The van der Waals surface area contributed by atoms with Crippen LogP contribution in [0.1, 0.15) is 12.1 Å². The Kier molecular flexibility index (Phi) is 2.90. The number of nitrogens with zero attached hydrogens (tertiary/aromatic N) is 1. The summed E-state index contributed by atoms with van der Waals surface area (Å²) < 4.78 is 11.2. The van der Waals surface area contributed by atoms with Gasteiger partial charge in [0.25, 0.3) is 0 Å². The summed E-state index contributed by atoms with van der Waals surface area (Å²) >= 11 is 0. The van der Waals surface area contributed by atoms with Crippen molar-refractivity contribution in [3.8, 4) is 22.8 Å². The molecule has 18 heavy (non-hydrogen) atoms. The molecule has 5 heteroatoms. The maximum atomic E-state index is 5.66. The third-order valence-corrected chi connectivity index (χ3v) is 2.89. The van der Waals surface area contributed by atoms with Crippen LogP contribution >= 0.6 is 0 Å². The average molecular weight is 245 g/mol. The molecular weight excluding hydrogens is 230 g/mol. The van der Waals surface area contributed by atoms with E-state index < -0.39 is 0 Å². The van der Waals surface area contributed by atoms with E-state index in [1.54, 1.807) is 0 Å². The Hall–Kier alpha value is -2.01. The molecule has 5 nitrogen and oxygen atoms in total. The zero-order valence-corrected chi connectivity index (χ0v) is 9.98. The highest BCUT2D eigenvalue weighted by molar-refractivity contribution is 5.64. The van der Waals surface area contributed by atoms with Crippen LogP contribution in [0.2, 0.25) is 0 Å². The highest BCUT2D eigenvalue weighted by Gasteiger charge is 2.12. The van der Waals surface area contributed by atoms with Crippen LogP contribution in [0, 0.1) is 0 Å². The lowest BCUT2D eigenvalue weighted by atomic mass is 10.1. The Labute approximate surface area is 105 Å². The van der Waals surface area contributed by atoms with Gasteiger partial charge >= 0.3 is 0 Å². The van der Waals surface area contributed by atoms with Crippen LogP contribution < -0.4 is 15.2 Å². The van der Waals surface area contributed by atoms with Gasteiger partial charge in [0.05, 0.1) is 18.9 Å². The minimum absolute atomic E-state index is 0.456. The standard InChI is InChI=1S/C13H15N3O2/c14-8-10-7-11(16-15-10)9-2-3-12-13(6-9)18-5-1-4-17-12/h2-3,6-7H,1,4-5,8,14H2,(H,15,16). The number of benzene rings is 1. The number of aromatic amines is 1. The Bertz CT molecular complexity index is 551. The van der Waals surface area contributed by atoms with Crippen LogP contribution in [0.25, 0.3) is 11.3 Å². The predicted octanol–water partition coefficient (Wildman–Crippen LogP) is 1.70. The van der Waals surface area contributed by atoms with Gasteiger partial charge in [-0.15, -0.1) is 0 Å². The number of aromatic nitrogens is 2. The number of ether oxygens (including phenoxy) is 2. The number of hydrogen-bond donors (Lipinski definition) is 2. The first-order valence-corrected chi connectivity index (χ1v) is 6.01. The molecule has 0 saturated heterocycles. The molecular formula is C13H15N3O2. The largest absolute Gasteiger partial charge is 0.490 e. The van der Waals surface area contributed by atoms with Gasteiger partial charge in [-0.3, -0.25) is 5.10 Å².